The molecular weight excluding hydrogens is 220 g/mol. The molecule has 1 aromatic carbocycles. The van der Waals surface area contributed by atoms with Crippen molar-refractivity contribution in [1.29, 1.82) is 0 Å². The number of ether oxygens (including phenoxy) is 1. The zero-order chi connectivity index (χ0) is 10.1. The Labute approximate surface area is 92.2 Å². The number of thioether (sulfide) groups is 1. The average molecular weight is 231 g/mol. The molecule has 2 nitrogen and oxygen atoms in total. The van der Waals surface area contributed by atoms with E-state index in [1.807, 2.05) is 6.07 Å². The minimum atomic E-state index is -0.466. The molecule has 1 aliphatic rings. The van der Waals surface area contributed by atoms with Crippen LogP contribution in [0.25, 0.3) is 0 Å². The summed E-state index contributed by atoms with van der Waals surface area (Å²) >= 11 is 7.74. The lowest BCUT2D eigenvalue weighted by Crippen LogP contribution is -2.11. The molecular formula is C10H11ClO2S. The highest BCUT2D eigenvalue weighted by atomic mass is 35.5. The zero-order valence-electron chi connectivity index (χ0n) is 7.79. The standard InChI is InChI=1S/C10H11ClO2S/c1-13-9-3-2-7(11)10-6(9)4-14-5-8(10)12/h2-3,8,12H,4-5H2,1H3/t8-/m1/s1. The second-order valence-electron chi connectivity index (χ2n) is 3.17. The van der Waals surface area contributed by atoms with E-state index in [1.54, 1.807) is 24.9 Å². The summed E-state index contributed by atoms with van der Waals surface area (Å²) in [5.41, 5.74) is 1.87. The van der Waals surface area contributed by atoms with E-state index in [0.717, 1.165) is 22.6 Å². The van der Waals surface area contributed by atoms with E-state index in [-0.39, 0.29) is 0 Å². The van der Waals surface area contributed by atoms with Gasteiger partial charge in [-0.05, 0) is 12.1 Å². The van der Waals surface area contributed by atoms with Gasteiger partial charge in [0, 0.05) is 27.7 Å². The van der Waals surface area contributed by atoms with Gasteiger partial charge < -0.3 is 9.84 Å². The summed E-state index contributed by atoms with van der Waals surface area (Å²) in [6.07, 6.45) is -0.466. The number of rotatable bonds is 1. The molecule has 0 unspecified atom stereocenters. The van der Waals surface area contributed by atoms with Crippen LogP contribution in [0.4, 0.5) is 0 Å². The minimum Gasteiger partial charge on any atom is -0.496 e. The normalized spacial score (nSPS) is 20.4. The van der Waals surface area contributed by atoms with Crippen molar-refractivity contribution in [3.05, 3.63) is 28.3 Å². The molecule has 1 heterocycles. The largest absolute Gasteiger partial charge is 0.496 e. The summed E-state index contributed by atoms with van der Waals surface area (Å²) in [6.45, 7) is 0. The van der Waals surface area contributed by atoms with Crippen molar-refractivity contribution >= 4 is 23.4 Å². The first-order valence-corrected chi connectivity index (χ1v) is 5.88. The highest BCUT2D eigenvalue weighted by Gasteiger charge is 2.23. The van der Waals surface area contributed by atoms with Gasteiger partial charge in [-0.15, -0.1) is 0 Å². The minimum absolute atomic E-state index is 0.466. The number of methoxy groups -OCH3 is 1. The molecule has 0 fully saturated rings. The molecule has 0 saturated carbocycles. The van der Waals surface area contributed by atoms with Gasteiger partial charge in [-0.2, -0.15) is 11.8 Å². The Bertz CT molecular complexity index is 354. The number of fused-ring (bicyclic) bond motifs is 1. The fourth-order valence-corrected chi connectivity index (χ4v) is 2.99. The molecule has 0 saturated heterocycles. The van der Waals surface area contributed by atoms with Crippen molar-refractivity contribution in [2.75, 3.05) is 12.9 Å². The summed E-state index contributed by atoms with van der Waals surface area (Å²) in [5.74, 6) is 2.38. The maximum atomic E-state index is 9.80. The predicted molar refractivity (Wildman–Crippen MR) is 59.1 cm³/mol. The molecule has 0 amide bonds. The van der Waals surface area contributed by atoms with Crippen LogP contribution in [0.2, 0.25) is 5.02 Å². The third-order valence-corrected chi connectivity index (χ3v) is 3.71. The van der Waals surface area contributed by atoms with Gasteiger partial charge in [0.2, 0.25) is 0 Å². The summed E-state index contributed by atoms with van der Waals surface area (Å²) in [5, 5.41) is 10.4. The van der Waals surface area contributed by atoms with Crippen LogP contribution in [0.3, 0.4) is 0 Å². The number of aliphatic hydroxyl groups excluding tert-OH is 1. The molecule has 0 spiro atoms. The van der Waals surface area contributed by atoms with Gasteiger partial charge in [0.15, 0.2) is 0 Å². The van der Waals surface area contributed by atoms with Crippen molar-refractivity contribution in [3.8, 4) is 5.75 Å². The molecule has 0 radical (unpaired) electrons. The van der Waals surface area contributed by atoms with E-state index in [0.29, 0.717) is 10.8 Å². The van der Waals surface area contributed by atoms with E-state index in [9.17, 15) is 5.11 Å². The fraction of sp³-hybridized carbons (Fsp3) is 0.400. The molecule has 1 atom stereocenters. The van der Waals surface area contributed by atoms with Gasteiger partial charge in [-0.1, -0.05) is 11.6 Å². The second kappa shape index (κ2) is 4.01. The lowest BCUT2D eigenvalue weighted by molar-refractivity contribution is 0.201. The highest BCUT2D eigenvalue weighted by Crippen LogP contribution is 2.40. The highest BCUT2D eigenvalue weighted by molar-refractivity contribution is 7.98. The quantitative estimate of drug-likeness (QED) is 0.804. The summed E-state index contributed by atoms with van der Waals surface area (Å²) < 4.78 is 5.23. The van der Waals surface area contributed by atoms with Crippen LogP contribution < -0.4 is 4.74 Å². The van der Waals surface area contributed by atoms with Crippen LogP contribution >= 0.6 is 23.4 Å². The third kappa shape index (κ3) is 1.60. The topological polar surface area (TPSA) is 29.5 Å². The first-order valence-electron chi connectivity index (χ1n) is 4.35. The Hall–Kier alpha value is -0.380. The zero-order valence-corrected chi connectivity index (χ0v) is 9.36. The van der Waals surface area contributed by atoms with Crippen molar-refractivity contribution < 1.29 is 9.84 Å². The Balaban J connectivity index is 2.57. The molecule has 76 valence electrons. The van der Waals surface area contributed by atoms with Gasteiger partial charge in [-0.3, -0.25) is 0 Å². The molecule has 14 heavy (non-hydrogen) atoms. The van der Waals surface area contributed by atoms with E-state index >= 15 is 0 Å². The Morgan fingerprint density at radius 2 is 2.36 bits per heavy atom. The fourth-order valence-electron chi connectivity index (χ4n) is 1.67. The average Bonchev–Trinajstić information content (AvgIpc) is 2.18. The maximum Gasteiger partial charge on any atom is 0.123 e. The Morgan fingerprint density at radius 1 is 1.57 bits per heavy atom. The van der Waals surface area contributed by atoms with Gasteiger partial charge in [-0.25, -0.2) is 0 Å². The van der Waals surface area contributed by atoms with Crippen molar-refractivity contribution in [2.45, 2.75) is 11.9 Å². The van der Waals surface area contributed by atoms with Gasteiger partial charge in [0.05, 0.1) is 13.2 Å². The van der Waals surface area contributed by atoms with E-state index in [4.69, 9.17) is 16.3 Å². The molecule has 2 rings (SSSR count). The molecule has 1 aliphatic heterocycles. The first kappa shape index (κ1) is 10.1. The number of benzene rings is 1. The molecule has 0 aromatic heterocycles. The van der Waals surface area contributed by atoms with Crippen molar-refractivity contribution in [3.63, 3.8) is 0 Å². The van der Waals surface area contributed by atoms with Crippen LogP contribution in [0.1, 0.15) is 17.2 Å². The Kier molecular flexibility index (Phi) is 2.91. The monoisotopic (exact) mass is 230 g/mol. The summed E-state index contributed by atoms with van der Waals surface area (Å²) in [7, 11) is 1.63. The molecule has 1 N–H and O–H groups in total. The van der Waals surface area contributed by atoms with Gasteiger partial charge in [0.1, 0.15) is 5.75 Å². The smallest absolute Gasteiger partial charge is 0.123 e. The van der Waals surface area contributed by atoms with Crippen LogP contribution in [0.5, 0.6) is 5.75 Å². The van der Waals surface area contributed by atoms with E-state index < -0.39 is 6.10 Å². The van der Waals surface area contributed by atoms with E-state index in [1.165, 1.54) is 0 Å². The number of hydrogen-bond donors (Lipinski definition) is 1. The van der Waals surface area contributed by atoms with Crippen LogP contribution in [0, 0.1) is 0 Å². The third-order valence-electron chi connectivity index (χ3n) is 2.34. The van der Waals surface area contributed by atoms with E-state index in [2.05, 4.69) is 0 Å². The molecule has 4 heteroatoms. The molecule has 0 aliphatic carbocycles. The number of aliphatic hydroxyl groups is 1. The lowest BCUT2D eigenvalue weighted by Gasteiger charge is -2.23. The predicted octanol–water partition coefficient (Wildman–Crippen LogP) is 2.63. The Morgan fingerprint density at radius 3 is 3.07 bits per heavy atom. The van der Waals surface area contributed by atoms with Crippen LogP contribution in [-0.2, 0) is 5.75 Å². The van der Waals surface area contributed by atoms with Crippen LogP contribution in [0.15, 0.2) is 12.1 Å². The molecule has 1 aromatic rings. The molecule has 0 bridgehead atoms. The SMILES string of the molecule is COc1ccc(Cl)c2c1CSC[C@H]2O. The first-order chi connectivity index (χ1) is 6.74. The van der Waals surface area contributed by atoms with Crippen molar-refractivity contribution in [1.82, 2.24) is 0 Å². The van der Waals surface area contributed by atoms with Crippen LogP contribution in [-0.4, -0.2) is 18.0 Å². The van der Waals surface area contributed by atoms with Gasteiger partial charge in [0.25, 0.3) is 0 Å². The maximum absolute atomic E-state index is 9.80. The number of hydrogen-bond acceptors (Lipinski definition) is 3. The summed E-state index contributed by atoms with van der Waals surface area (Å²) in [4.78, 5) is 0. The second-order valence-corrected chi connectivity index (χ2v) is 4.61. The summed E-state index contributed by atoms with van der Waals surface area (Å²) in [6, 6.07) is 3.62. The van der Waals surface area contributed by atoms with Crippen molar-refractivity contribution in [2.24, 2.45) is 0 Å². The number of halogens is 1. The van der Waals surface area contributed by atoms with Gasteiger partial charge >= 0.3 is 0 Å². The lowest BCUT2D eigenvalue weighted by atomic mass is 10.0.